The van der Waals surface area contributed by atoms with E-state index in [-0.39, 0.29) is 12.0 Å². The molecule has 2 aliphatic heterocycles. The van der Waals surface area contributed by atoms with Crippen LogP contribution in [0.15, 0.2) is 23.3 Å². The molecule has 0 aromatic carbocycles. The van der Waals surface area contributed by atoms with E-state index >= 15 is 0 Å². The zero-order valence-corrected chi connectivity index (χ0v) is 14.0. The van der Waals surface area contributed by atoms with Crippen molar-refractivity contribution >= 4 is 11.6 Å². The van der Waals surface area contributed by atoms with Crippen molar-refractivity contribution in [3.8, 4) is 0 Å². The topological polar surface area (TPSA) is 75.8 Å². The molecule has 10 heteroatoms. The second kappa shape index (κ2) is 6.42. The number of hydrogen-bond acceptors (Lipinski definition) is 6. The highest BCUT2D eigenvalue weighted by molar-refractivity contribution is 5.80. The van der Waals surface area contributed by atoms with Gasteiger partial charge in [0.1, 0.15) is 0 Å². The van der Waals surface area contributed by atoms with Gasteiger partial charge in [-0.05, 0) is 25.0 Å². The van der Waals surface area contributed by atoms with Gasteiger partial charge in [0.05, 0.1) is 18.7 Å². The lowest BCUT2D eigenvalue weighted by Crippen LogP contribution is -2.51. The van der Waals surface area contributed by atoms with Gasteiger partial charge in [0.2, 0.25) is 0 Å². The van der Waals surface area contributed by atoms with Crippen LogP contribution in [0.25, 0.3) is 5.65 Å². The van der Waals surface area contributed by atoms with Crippen LogP contribution in [0.5, 0.6) is 0 Å². The van der Waals surface area contributed by atoms with E-state index in [4.69, 9.17) is 4.74 Å². The van der Waals surface area contributed by atoms with Crippen LogP contribution in [-0.4, -0.2) is 46.9 Å². The quantitative estimate of drug-likeness (QED) is 0.842. The number of aromatic nitrogens is 3. The Balaban J connectivity index is 1.45. The maximum absolute atomic E-state index is 12.9. The molecule has 2 aromatic rings. The minimum atomic E-state index is -4.41. The highest BCUT2D eigenvalue weighted by Gasteiger charge is 2.35. The van der Waals surface area contributed by atoms with Gasteiger partial charge in [0, 0.05) is 31.4 Å². The third-order valence-electron chi connectivity index (χ3n) is 4.97. The Hall–Kier alpha value is -2.36. The first-order chi connectivity index (χ1) is 12.5. The van der Waals surface area contributed by atoms with Gasteiger partial charge in [-0.1, -0.05) is 0 Å². The van der Waals surface area contributed by atoms with Crippen LogP contribution in [0.4, 0.5) is 13.2 Å². The molecule has 0 amide bonds. The maximum Gasteiger partial charge on any atom is 0.417 e. The number of ether oxygens (including phenoxy) is 1. The number of guanidine groups is 1. The molecule has 1 fully saturated rings. The van der Waals surface area contributed by atoms with Gasteiger partial charge in [-0.25, -0.2) is 0 Å². The molecule has 26 heavy (non-hydrogen) atoms. The number of nitrogens with zero attached hydrogens (tertiary/aromatic N) is 4. The SMILES string of the molecule is FC(F)(F)c1ccc2nnc(CNC3=NCC4(CCOCC4)CN3)n2c1. The Morgan fingerprint density at radius 3 is 2.73 bits per heavy atom. The molecular weight excluding hydrogens is 349 g/mol. The molecule has 4 heterocycles. The summed E-state index contributed by atoms with van der Waals surface area (Å²) >= 11 is 0. The summed E-state index contributed by atoms with van der Waals surface area (Å²) in [5.41, 5.74) is -0.220. The van der Waals surface area contributed by atoms with Crippen molar-refractivity contribution in [1.82, 2.24) is 25.2 Å². The summed E-state index contributed by atoms with van der Waals surface area (Å²) in [4.78, 5) is 4.54. The second-order valence-corrected chi connectivity index (χ2v) is 6.74. The molecule has 4 rings (SSSR count). The summed E-state index contributed by atoms with van der Waals surface area (Å²) in [6.45, 7) is 3.26. The first-order valence-corrected chi connectivity index (χ1v) is 8.46. The van der Waals surface area contributed by atoms with Gasteiger partial charge in [0.15, 0.2) is 17.4 Å². The number of aliphatic imine (C=N–C) groups is 1. The molecule has 2 N–H and O–H groups in total. The molecule has 2 aliphatic rings. The fraction of sp³-hybridized carbons (Fsp3) is 0.562. The Bertz CT molecular complexity index is 825. The van der Waals surface area contributed by atoms with Crippen LogP contribution in [0.2, 0.25) is 0 Å². The lowest BCUT2D eigenvalue weighted by molar-refractivity contribution is -0.137. The first-order valence-electron chi connectivity index (χ1n) is 8.46. The van der Waals surface area contributed by atoms with Gasteiger partial charge < -0.3 is 15.4 Å². The molecule has 7 nitrogen and oxygen atoms in total. The summed E-state index contributed by atoms with van der Waals surface area (Å²) in [5.74, 6) is 1.02. The molecule has 1 saturated heterocycles. The van der Waals surface area contributed by atoms with E-state index in [1.54, 1.807) is 0 Å². The predicted molar refractivity (Wildman–Crippen MR) is 87.6 cm³/mol. The van der Waals surface area contributed by atoms with Gasteiger partial charge in [-0.15, -0.1) is 10.2 Å². The van der Waals surface area contributed by atoms with E-state index in [1.165, 1.54) is 10.5 Å². The highest BCUT2D eigenvalue weighted by atomic mass is 19.4. The monoisotopic (exact) mass is 368 g/mol. The average molecular weight is 368 g/mol. The lowest BCUT2D eigenvalue weighted by atomic mass is 9.79. The van der Waals surface area contributed by atoms with Crippen LogP contribution in [0.1, 0.15) is 24.2 Å². The normalized spacial score (nSPS) is 20.0. The molecule has 0 radical (unpaired) electrons. The summed E-state index contributed by atoms with van der Waals surface area (Å²) in [5, 5.41) is 14.2. The fourth-order valence-electron chi connectivity index (χ4n) is 3.28. The smallest absolute Gasteiger partial charge is 0.381 e. The van der Waals surface area contributed by atoms with E-state index in [0.717, 1.165) is 44.9 Å². The van der Waals surface area contributed by atoms with Crippen molar-refractivity contribution in [3.05, 3.63) is 29.7 Å². The van der Waals surface area contributed by atoms with Crippen LogP contribution in [0, 0.1) is 5.41 Å². The third kappa shape index (κ3) is 3.33. The van der Waals surface area contributed by atoms with Crippen LogP contribution in [-0.2, 0) is 17.5 Å². The number of rotatable bonds is 2. The van der Waals surface area contributed by atoms with E-state index in [9.17, 15) is 13.2 Å². The van der Waals surface area contributed by atoms with Crippen molar-refractivity contribution < 1.29 is 17.9 Å². The van der Waals surface area contributed by atoms with Crippen LogP contribution >= 0.6 is 0 Å². The molecule has 1 spiro atoms. The number of hydrogen-bond donors (Lipinski definition) is 2. The summed E-state index contributed by atoms with van der Waals surface area (Å²) in [6, 6.07) is 2.31. The number of alkyl halides is 3. The third-order valence-corrected chi connectivity index (χ3v) is 4.97. The Kier molecular flexibility index (Phi) is 4.22. The van der Waals surface area contributed by atoms with Crippen molar-refractivity contribution in [2.24, 2.45) is 10.4 Å². The fourth-order valence-corrected chi connectivity index (χ4v) is 3.28. The Morgan fingerprint density at radius 2 is 2.04 bits per heavy atom. The van der Waals surface area contributed by atoms with Gasteiger partial charge in [-0.3, -0.25) is 9.39 Å². The molecular formula is C16H19F3N6O. The van der Waals surface area contributed by atoms with E-state index in [2.05, 4.69) is 25.8 Å². The molecule has 2 aromatic heterocycles. The molecule has 140 valence electrons. The van der Waals surface area contributed by atoms with Crippen molar-refractivity contribution in [2.75, 3.05) is 26.3 Å². The average Bonchev–Trinajstić information content (AvgIpc) is 3.04. The van der Waals surface area contributed by atoms with Crippen molar-refractivity contribution in [2.45, 2.75) is 25.6 Å². The Labute approximate surface area is 147 Å². The minimum absolute atomic E-state index is 0.145. The zero-order chi connectivity index (χ0) is 18.2. The van der Waals surface area contributed by atoms with Gasteiger partial charge >= 0.3 is 6.18 Å². The van der Waals surface area contributed by atoms with E-state index in [0.29, 0.717) is 24.0 Å². The minimum Gasteiger partial charge on any atom is -0.381 e. The number of halogens is 3. The summed E-state index contributed by atoms with van der Waals surface area (Å²) in [7, 11) is 0. The zero-order valence-electron chi connectivity index (χ0n) is 14.0. The van der Waals surface area contributed by atoms with Crippen molar-refractivity contribution in [3.63, 3.8) is 0 Å². The first kappa shape index (κ1) is 17.1. The van der Waals surface area contributed by atoms with Gasteiger partial charge in [0.25, 0.3) is 0 Å². The molecule has 0 unspecified atom stereocenters. The lowest BCUT2D eigenvalue weighted by Gasteiger charge is -2.39. The Morgan fingerprint density at radius 1 is 1.23 bits per heavy atom. The van der Waals surface area contributed by atoms with Gasteiger partial charge in [-0.2, -0.15) is 13.2 Å². The molecule has 0 saturated carbocycles. The maximum atomic E-state index is 12.9. The summed E-state index contributed by atoms with van der Waals surface area (Å²) in [6.07, 6.45) is -1.44. The van der Waals surface area contributed by atoms with Crippen LogP contribution < -0.4 is 10.6 Å². The number of nitrogens with one attached hydrogen (secondary N) is 2. The highest BCUT2D eigenvalue weighted by Crippen LogP contribution is 2.31. The van der Waals surface area contributed by atoms with Crippen LogP contribution in [0.3, 0.4) is 0 Å². The molecule has 0 atom stereocenters. The number of pyridine rings is 1. The van der Waals surface area contributed by atoms with E-state index < -0.39 is 11.7 Å². The second-order valence-electron chi connectivity index (χ2n) is 6.74. The molecule has 0 bridgehead atoms. The standard InChI is InChI=1S/C16H19F3N6O/c17-16(18,19)11-1-2-12-23-24-13(25(12)8-11)7-20-14-21-9-15(10-22-14)3-5-26-6-4-15/h1-2,8H,3-7,9-10H2,(H2,20,21,22). The van der Waals surface area contributed by atoms with E-state index in [1.807, 2.05) is 0 Å². The summed E-state index contributed by atoms with van der Waals surface area (Å²) < 4.78 is 45.4. The molecule has 0 aliphatic carbocycles. The number of fused-ring (bicyclic) bond motifs is 1. The predicted octanol–water partition coefficient (Wildman–Crippen LogP) is 1.59. The van der Waals surface area contributed by atoms with Crippen molar-refractivity contribution in [1.29, 1.82) is 0 Å². The largest absolute Gasteiger partial charge is 0.417 e.